The van der Waals surface area contributed by atoms with E-state index >= 15 is 0 Å². The molecule has 0 spiro atoms. The summed E-state index contributed by atoms with van der Waals surface area (Å²) in [7, 11) is -1.04. The lowest BCUT2D eigenvalue weighted by atomic mass is 10.1. The quantitative estimate of drug-likeness (QED) is 0.673. The van der Waals surface area contributed by atoms with Crippen LogP contribution in [-0.4, -0.2) is 9.96 Å². The molecule has 0 saturated carbocycles. The Kier molecular flexibility index (Phi) is 6.15. The first-order valence-corrected chi connectivity index (χ1v) is 9.81. The number of benzene rings is 3. The van der Waals surface area contributed by atoms with Crippen LogP contribution < -0.4 is 5.32 Å². The Bertz CT molecular complexity index is 800. The fraction of sp³-hybridized carbons (Fsp3) is 0.182. The molecule has 3 rings (SSSR count). The summed E-state index contributed by atoms with van der Waals surface area (Å²) in [6.45, 7) is 2.80. The second-order valence-electron chi connectivity index (χ2n) is 6.16. The van der Waals surface area contributed by atoms with Gasteiger partial charge >= 0.3 is 0 Å². The second kappa shape index (κ2) is 8.75. The van der Waals surface area contributed by atoms with Crippen LogP contribution in [0.5, 0.6) is 0 Å². The normalized spacial score (nSPS) is 13.3. The summed E-state index contributed by atoms with van der Waals surface area (Å²) in [6, 6.07) is 28.6. The highest BCUT2D eigenvalue weighted by atomic mass is 32.2. The highest BCUT2D eigenvalue weighted by Gasteiger charge is 2.16. The van der Waals surface area contributed by atoms with E-state index in [0.29, 0.717) is 5.75 Å². The van der Waals surface area contributed by atoms with Gasteiger partial charge in [0.25, 0.3) is 0 Å². The van der Waals surface area contributed by atoms with E-state index in [1.165, 1.54) is 16.7 Å². The zero-order valence-electron chi connectivity index (χ0n) is 14.4. The molecule has 3 aromatic rings. The predicted octanol–water partition coefficient (Wildman–Crippen LogP) is 4.63. The van der Waals surface area contributed by atoms with Gasteiger partial charge in [0.15, 0.2) is 0 Å². The molecule has 128 valence electrons. The van der Waals surface area contributed by atoms with Gasteiger partial charge in [0.2, 0.25) is 0 Å². The Morgan fingerprint density at radius 2 is 1.44 bits per heavy atom. The van der Waals surface area contributed by atoms with E-state index in [1.807, 2.05) is 67.6 Å². The minimum atomic E-state index is -1.04. The maximum Gasteiger partial charge on any atom is 0.0548 e. The van der Waals surface area contributed by atoms with Crippen LogP contribution in [0.4, 0.5) is 0 Å². The highest BCUT2D eigenvalue weighted by Crippen LogP contribution is 2.18. The van der Waals surface area contributed by atoms with Crippen molar-refractivity contribution < 1.29 is 4.21 Å². The topological polar surface area (TPSA) is 29.1 Å². The van der Waals surface area contributed by atoms with Crippen molar-refractivity contribution in [3.63, 3.8) is 0 Å². The molecule has 0 aromatic heterocycles. The van der Waals surface area contributed by atoms with Crippen molar-refractivity contribution in [2.45, 2.75) is 24.4 Å². The van der Waals surface area contributed by atoms with Gasteiger partial charge in [-0.25, -0.2) is 0 Å². The Hall–Kier alpha value is -2.23. The number of aryl methyl sites for hydroxylation is 1. The van der Waals surface area contributed by atoms with Gasteiger partial charge < -0.3 is 5.32 Å². The van der Waals surface area contributed by atoms with Crippen LogP contribution in [0.1, 0.15) is 22.7 Å². The molecule has 0 aliphatic carbocycles. The third kappa shape index (κ3) is 5.12. The summed E-state index contributed by atoms with van der Waals surface area (Å²) < 4.78 is 12.8. The Morgan fingerprint density at radius 3 is 2.08 bits per heavy atom. The Balaban J connectivity index is 1.74. The van der Waals surface area contributed by atoms with Gasteiger partial charge in [-0.3, -0.25) is 4.21 Å². The van der Waals surface area contributed by atoms with Crippen LogP contribution in [0.15, 0.2) is 89.8 Å². The summed E-state index contributed by atoms with van der Waals surface area (Å²) in [4.78, 5) is 0.882. The van der Waals surface area contributed by atoms with E-state index in [1.54, 1.807) is 0 Å². The SMILES string of the molecule is Cc1ccc([S@](=O)C[C@H](NCc2ccccc2)c2ccccc2)cc1. The van der Waals surface area contributed by atoms with Gasteiger partial charge in [-0.2, -0.15) is 0 Å². The average Bonchev–Trinajstić information content (AvgIpc) is 2.67. The lowest BCUT2D eigenvalue weighted by Gasteiger charge is -2.19. The van der Waals surface area contributed by atoms with E-state index in [0.717, 1.165) is 11.4 Å². The standard InChI is InChI=1S/C22H23NOS/c1-18-12-14-21(15-13-18)25(24)17-22(20-10-6-3-7-11-20)23-16-19-8-4-2-5-9-19/h2-15,22-23H,16-17H2,1H3/t22-,25+/m0/s1. The van der Waals surface area contributed by atoms with Crippen LogP contribution in [-0.2, 0) is 17.3 Å². The summed E-state index contributed by atoms with van der Waals surface area (Å²) in [5, 5.41) is 3.57. The molecule has 0 fully saturated rings. The molecule has 0 amide bonds. The lowest BCUT2D eigenvalue weighted by Crippen LogP contribution is -2.26. The molecule has 0 unspecified atom stereocenters. The van der Waals surface area contributed by atoms with E-state index in [2.05, 4.69) is 29.6 Å². The Morgan fingerprint density at radius 1 is 0.840 bits per heavy atom. The number of rotatable bonds is 7. The zero-order chi connectivity index (χ0) is 17.5. The van der Waals surface area contributed by atoms with E-state index in [-0.39, 0.29) is 6.04 Å². The average molecular weight is 349 g/mol. The van der Waals surface area contributed by atoms with Gasteiger partial charge in [0, 0.05) is 23.2 Å². The Labute approximate surface area is 152 Å². The van der Waals surface area contributed by atoms with Gasteiger partial charge in [0.05, 0.1) is 10.8 Å². The van der Waals surface area contributed by atoms with E-state index < -0.39 is 10.8 Å². The van der Waals surface area contributed by atoms with Crippen LogP contribution in [0, 0.1) is 6.92 Å². The van der Waals surface area contributed by atoms with E-state index in [9.17, 15) is 4.21 Å². The maximum absolute atomic E-state index is 12.8. The van der Waals surface area contributed by atoms with Crippen LogP contribution in [0.2, 0.25) is 0 Å². The first kappa shape index (κ1) is 17.6. The third-order valence-corrected chi connectivity index (χ3v) is 5.63. The fourth-order valence-corrected chi connectivity index (χ4v) is 3.98. The van der Waals surface area contributed by atoms with Crippen molar-refractivity contribution in [3.8, 4) is 0 Å². The van der Waals surface area contributed by atoms with E-state index in [4.69, 9.17) is 0 Å². The smallest absolute Gasteiger partial charge is 0.0548 e. The molecule has 25 heavy (non-hydrogen) atoms. The van der Waals surface area contributed by atoms with Crippen molar-refractivity contribution in [3.05, 3.63) is 102 Å². The maximum atomic E-state index is 12.8. The molecule has 0 aliphatic heterocycles. The largest absolute Gasteiger partial charge is 0.305 e. The molecule has 2 atom stereocenters. The molecule has 0 heterocycles. The molecule has 2 nitrogen and oxygen atoms in total. The molecule has 0 bridgehead atoms. The van der Waals surface area contributed by atoms with Crippen LogP contribution >= 0.6 is 0 Å². The van der Waals surface area contributed by atoms with Crippen molar-refractivity contribution in [2.24, 2.45) is 0 Å². The summed E-state index contributed by atoms with van der Waals surface area (Å²) in [5.74, 6) is 0.555. The highest BCUT2D eigenvalue weighted by molar-refractivity contribution is 7.85. The molecule has 3 aromatic carbocycles. The summed E-state index contributed by atoms with van der Waals surface area (Å²) in [5.41, 5.74) is 3.58. The molecular formula is C22H23NOS. The minimum Gasteiger partial charge on any atom is -0.305 e. The lowest BCUT2D eigenvalue weighted by molar-refractivity contribution is 0.573. The van der Waals surface area contributed by atoms with Crippen LogP contribution in [0.3, 0.4) is 0 Å². The van der Waals surface area contributed by atoms with Gasteiger partial charge in [-0.05, 0) is 30.2 Å². The summed E-state index contributed by atoms with van der Waals surface area (Å²) in [6.07, 6.45) is 0. The molecule has 0 aliphatic rings. The summed E-state index contributed by atoms with van der Waals surface area (Å²) >= 11 is 0. The molecule has 1 N–H and O–H groups in total. The zero-order valence-corrected chi connectivity index (χ0v) is 15.2. The first-order valence-electron chi connectivity index (χ1n) is 8.49. The molecular weight excluding hydrogens is 326 g/mol. The van der Waals surface area contributed by atoms with Gasteiger partial charge in [-0.1, -0.05) is 78.4 Å². The number of hydrogen-bond acceptors (Lipinski definition) is 2. The van der Waals surface area contributed by atoms with Gasteiger partial charge in [0.1, 0.15) is 0 Å². The van der Waals surface area contributed by atoms with Crippen molar-refractivity contribution in [2.75, 3.05) is 5.75 Å². The number of nitrogens with one attached hydrogen (secondary N) is 1. The van der Waals surface area contributed by atoms with Crippen molar-refractivity contribution in [1.82, 2.24) is 5.32 Å². The second-order valence-corrected chi connectivity index (χ2v) is 7.65. The fourth-order valence-electron chi connectivity index (χ4n) is 2.73. The van der Waals surface area contributed by atoms with Crippen LogP contribution in [0.25, 0.3) is 0 Å². The minimum absolute atomic E-state index is 0.0449. The third-order valence-electron chi connectivity index (χ3n) is 4.20. The molecule has 0 saturated heterocycles. The van der Waals surface area contributed by atoms with Gasteiger partial charge in [-0.15, -0.1) is 0 Å². The van der Waals surface area contributed by atoms with Crippen molar-refractivity contribution >= 4 is 10.8 Å². The predicted molar refractivity (Wildman–Crippen MR) is 105 cm³/mol. The molecule has 0 radical (unpaired) electrons. The first-order chi connectivity index (χ1) is 12.2. The molecule has 3 heteroatoms. The number of hydrogen-bond donors (Lipinski definition) is 1. The monoisotopic (exact) mass is 349 g/mol. The van der Waals surface area contributed by atoms with Crippen molar-refractivity contribution in [1.29, 1.82) is 0 Å².